The molecule has 0 saturated heterocycles. The van der Waals surface area contributed by atoms with Gasteiger partial charge >= 0.3 is 0 Å². The van der Waals surface area contributed by atoms with Crippen LogP contribution in [0.25, 0.3) is 5.65 Å². The fourth-order valence-electron chi connectivity index (χ4n) is 0.770. The van der Waals surface area contributed by atoms with E-state index in [9.17, 15) is 0 Å². The third-order valence-corrected chi connectivity index (χ3v) is 1.24. The number of aryl methyl sites for hydroxylation is 1. The van der Waals surface area contributed by atoms with Gasteiger partial charge in [-0.2, -0.15) is 9.61 Å². The Bertz CT molecular complexity index is 351. The molecule has 0 amide bonds. The molecule has 0 fully saturated rings. The minimum Gasteiger partial charge on any atom is -0.200 e. The van der Waals surface area contributed by atoms with Crippen molar-refractivity contribution in [2.45, 2.75) is 6.92 Å². The lowest BCUT2D eigenvalue weighted by molar-refractivity contribution is 0.911. The van der Waals surface area contributed by atoms with Crippen LogP contribution in [0.2, 0.25) is 0 Å². The van der Waals surface area contributed by atoms with Gasteiger partial charge in [-0.1, -0.05) is 0 Å². The first-order valence-electron chi connectivity index (χ1n) is 2.91. The Kier molecular flexibility index (Phi) is 0.943. The summed E-state index contributed by atoms with van der Waals surface area (Å²) in [6.45, 7) is 1.92. The Morgan fingerprint density at radius 3 is 3.40 bits per heavy atom. The second-order valence-electron chi connectivity index (χ2n) is 2.07. The molecular formula is C6H5N4. The predicted molar refractivity (Wildman–Crippen MR) is 34.4 cm³/mol. The quantitative estimate of drug-likeness (QED) is 0.516. The first-order chi connectivity index (χ1) is 4.86. The molecule has 0 aromatic carbocycles. The van der Waals surface area contributed by atoms with Crippen LogP contribution in [0.1, 0.15) is 5.56 Å². The minimum atomic E-state index is 0.760. The summed E-state index contributed by atoms with van der Waals surface area (Å²) in [5, 5.41) is 11.4. The molecule has 2 rings (SSSR count). The fraction of sp³-hybridized carbons (Fsp3) is 0.167. The molecule has 4 heteroatoms. The van der Waals surface area contributed by atoms with E-state index < -0.39 is 0 Å². The van der Waals surface area contributed by atoms with Gasteiger partial charge in [0.25, 0.3) is 0 Å². The standard InChI is InChI=1S/C6H5N4/c1-5-2-6-9-7-4-10(6)8-3-5/h2,4H,1H3. The molecular weight excluding hydrogens is 128 g/mol. The molecule has 4 nitrogen and oxygen atoms in total. The Hall–Kier alpha value is -1.45. The summed E-state index contributed by atoms with van der Waals surface area (Å²) in [5.74, 6) is 0. The second-order valence-corrected chi connectivity index (χ2v) is 2.07. The van der Waals surface area contributed by atoms with Crippen LogP contribution in [-0.4, -0.2) is 19.8 Å². The number of aromatic nitrogens is 4. The SMILES string of the molecule is Cc1[c]nn2cnnc2c1. The van der Waals surface area contributed by atoms with Crippen molar-refractivity contribution in [3.8, 4) is 0 Å². The Morgan fingerprint density at radius 1 is 1.60 bits per heavy atom. The molecule has 0 bridgehead atoms. The van der Waals surface area contributed by atoms with Crippen molar-refractivity contribution in [3.05, 3.63) is 24.2 Å². The normalized spacial score (nSPS) is 10.5. The number of hydrogen-bond acceptors (Lipinski definition) is 3. The van der Waals surface area contributed by atoms with E-state index in [0.717, 1.165) is 11.2 Å². The highest BCUT2D eigenvalue weighted by atomic mass is 15.3. The number of rotatable bonds is 0. The summed E-state index contributed by atoms with van der Waals surface area (Å²) < 4.78 is 1.58. The number of nitrogens with zero attached hydrogens (tertiary/aromatic N) is 4. The third-order valence-electron chi connectivity index (χ3n) is 1.24. The van der Waals surface area contributed by atoms with Gasteiger partial charge in [0.2, 0.25) is 0 Å². The van der Waals surface area contributed by atoms with Gasteiger partial charge in [-0.3, -0.25) is 0 Å². The Labute approximate surface area is 57.5 Å². The molecule has 0 atom stereocenters. The lowest BCUT2D eigenvalue weighted by Gasteiger charge is -1.88. The molecule has 2 aromatic heterocycles. The lowest BCUT2D eigenvalue weighted by Crippen LogP contribution is -1.89. The van der Waals surface area contributed by atoms with Crippen molar-refractivity contribution in [2.24, 2.45) is 0 Å². The largest absolute Gasteiger partial charge is 0.200 e. The summed E-state index contributed by atoms with van der Waals surface area (Å²) in [6.07, 6.45) is 4.34. The highest BCUT2D eigenvalue weighted by Crippen LogP contribution is 1.97. The number of hydrogen-bond donors (Lipinski definition) is 0. The summed E-state index contributed by atoms with van der Waals surface area (Å²) in [6, 6.07) is 1.88. The van der Waals surface area contributed by atoms with E-state index in [4.69, 9.17) is 0 Å². The van der Waals surface area contributed by atoms with Crippen LogP contribution in [0.15, 0.2) is 12.4 Å². The molecule has 49 valence electrons. The topological polar surface area (TPSA) is 43.1 Å². The minimum absolute atomic E-state index is 0.760. The first-order valence-corrected chi connectivity index (χ1v) is 2.91. The molecule has 0 aliphatic carbocycles. The van der Waals surface area contributed by atoms with Gasteiger partial charge in [-0.25, -0.2) is 0 Å². The zero-order valence-corrected chi connectivity index (χ0v) is 5.44. The van der Waals surface area contributed by atoms with Gasteiger partial charge in [0.05, 0.1) is 0 Å². The van der Waals surface area contributed by atoms with Crippen LogP contribution < -0.4 is 0 Å². The molecule has 0 N–H and O–H groups in total. The highest BCUT2D eigenvalue weighted by Gasteiger charge is 1.93. The average molecular weight is 133 g/mol. The maximum atomic E-state index is 3.91. The van der Waals surface area contributed by atoms with Crippen LogP contribution >= 0.6 is 0 Å². The zero-order valence-electron chi connectivity index (χ0n) is 5.44. The van der Waals surface area contributed by atoms with Crippen molar-refractivity contribution < 1.29 is 0 Å². The van der Waals surface area contributed by atoms with E-state index in [1.807, 2.05) is 13.0 Å². The first kappa shape index (κ1) is 5.34. The van der Waals surface area contributed by atoms with Crippen molar-refractivity contribution in [2.75, 3.05) is 0 Å². The van der Waals surface area contributed by atoms with Gasteiger partial charge in [0.15, 0.2) is 5.65 Å². The molecule has 0 aliphatic rings. The van der Waals surface area contributed by atoms with Crippen LogP contribution in [0.5, 0.6) is 0 Å². The molecule has 10 heavy (non-hydrogen) atoms. The van der Waals surface area contributed by atoms with Crippen LogP contribution in [0, 0.1) is 13.1 Å². The van der Waals surface area contributed by atoms with Gasteiger partial charge < -0.3 is 0 Å². The van der Waals surface area contributed by atoms with Crippen molar-refractivity contribution in [1.29, 1.82) is 0 Å². The Balaban J connectivity index is 2.86. The molecule has 1 radical (unpaired) electrons. The van der Waals surface area contributed by atoms with Gasteiger partial charge in [0.1, 0.15) is 12.5 Å². The van der Waals surface area contributed by atoms with Crippen molar-refractivity contribution in [1.82, 2.24) is 19.8 Å². The summed E-state index contributed by atoms with van der Waals surface area (Å²) >= 11 is 0. The van der Waals surface area contributed by atoms with E-state index in [2.05, 4.69) is 21.5 Å². The molecule has 0 aliphatic heterocycles. The Morgan fingerprint density at radius 2 is 2.50 bits per heavy atom. The predicted octanol–water partition coefficient (Wildman–Crippen LogP) is 0.233. The van der Waals surface area contributed by atoms with E-state index >= 15 is 0 Å². The van der Waals surface area contributed by atoms with Crippen LogP contribution in [0.3, 0.4) is 0 Å². The number of fused-ring (bicyclic) bond motifs is 1. The van der Waals surface area contributed by atoms with Crippen molar-refractivity contribution >= 4 is 5.65 Å². The molecule has 0 spiro atoms. The lowest BCUT2D eigenvalue weighted by atomic mass is 10.3. The van der Waals surface area contributed by atoms with Gasteiger partial charge in [0, 0.05) is 0 Å². The zero-order chi connectivity index (χ0) is 6.97. The third kappa shape index (κ3) is 0.655. The van der Waals surface area contributed by atoms with E-state index in [0.29, 0.717) is 0 Å². The fourth-order valence-corrected chi connectivity index (χ4v) is 0.770. The van der Waals surface area contributed by atoms with Crippen LogP contribution in [-0.2, 0) is 0 Å². The summed E-state index contributed by atoms with van der Waals surface area (Å²) in [7, 11) is 0. The molecule has 2 heterocycles. The monoisotopic (exact) mass is 133 g/mol. The maximum absolute atomic E-state index is 3.91. The second kappa shape index (κ2) is 1.76. The summed E-state index contributed by atoms with van der Waals surface area (Å²) in [5.41, 5.74) is 1.73. The van der Waals surface area contributed by atoms with E-state index in [1.165, 1.54) is 0 Å². The van der Waals surface area contributed by atoms with Crippen LogP contribution in [0.4, 0.5) is 0 Å². The smallest absolute Gasteiger partial charge is 0.177 e. The van der Waals surface area contributed by atoms with Gasteiger partial charge in [-0.05, 0) is 18.6 Å². The molecule has 0 unspecified atom stereocenters. The average Bonchev–Trinajstić information content (AvgIpc) is 2.33. The van der Waals surface area contributed by atoms with E-state index in [1.54, 1.807) is 10.8 Å². The summed E-state index contributed by atoms with van der Waals surface area (Å²) in [4.78, 5) is 0. The molecule has 0 saturated carbocycles. The van der Waals surface area contributed by atoms with Crippen molar-refractivity contribution in [3.63, 3.8) is 0 Å². The molecule has 2 aromatic rings. The van der Waals surface area contributed by atoms with Gasteiger partial charge in [-0.15, -0.1) is 10.2 Å². The van der Waals surface area contributed by atoms with E-state index in [-0.39, 0.29) is 0 Å². The maximum Gasteiger partial charge on any atom is 0.177 e. The highest BCUT2D eigenvalue weighted by molar-refractivity contribution is 5.36.